The van der Waals surface area contributed by atoms with Crippen LogP contribution in [0.4, 0.5) is 0 Å². The molecular weight excluding hydrogens is 220 g/mol. The van der Waals surface area contributed by atoms with Gasteiger partial charge in [-0.15, -0.1) is 0 Å². The maximum Gasteiger partial charge on any atom is 0.305 e. The molecule has 0 saturated heterocycles. The smallest absolute Gasteiger partial charge is 0.305 e. The van der Waals surface area contributed by atoms with E-state index in [2.05, 4.69) is 57.6 Å². The van der Waals surface area contributed by atoms with Crippen molar-refractivity contribution in [3.05, 3.63) is 0 Å². The minimum Gasteiger partial charge on any atom is -0.441 e. The first-order chi connectivity index (χ1) is 5.19. The van der Waals surface area contributed by atoms with Crippen molar-refractivity contribution in [1.29, 1.82) is 0 Å². The second-order valence-electron chi connectivity index (χ2n) is 4.18. The summed E-state index contributed by atoms with van der Waals surface area (Å²) in [5.74, 6) is 0. The predicted molar refractivity (Wildman–Crippen MR) is 67.9 cm³/mol. The van der Waals surface area contributed by atoms with Gasteiger partial charge in [0.15, 0.2) is 8.32 Å². The molecule has 5 heteroatoms. The van der Waals surface area contributed by atoms with Crippen LogP contribution >= 0.6 is 24.2 Å². The van der Waals surface area contributed by atoms with Crippen LogP contribution in [0.15, 0.2) is 0 Å². The monoisotopic (exact) mass is 240 g/mol. The van der Waals surface area contributed by atoms with E-state index in [-0.39, 0.29) is 0 Å². The predicted octanol–water partition coefficient (Wildman–Crippen LogP) is 3.44. The molecule has 0 N–H and O–H groups in total. The van der Waals surface area contributed by atoms with Gasteiger partial charge in [0.1, 0.15) is 0 Å². The topological polar surface area (TPSA) is 9.23 Å². The highest BCUT2D eigenvalue weighted by Gasteiger charge is 2.37. The third kappa shape index (κ3) is 4.96. The Labute approximate surface area is 88.6 Å². The van der Waals surface area contributed by atoms with Crippen LogP contribution in [-0.4, -0.2) is 14.9 Å². The summed E-state index contributed by atoms with van der Waals surface area (Å²) in [5.41, 5.74) is 0.510. The van der Waals surface area contributed by atoms with Gasteiger partial charge in [0, 0.05) is 0 Å². The molecule has 1 unspecified atom stereocenters. The lowest BCUT2D eigenvalue weighted by Crippen LogP contribution is -2.41. The second kappa shape index (κ2) is 4.55. The zero-order valence-electron chi connectivity index (χ0n) is 8.59. The number of hydrogen-bond acceptors (Lipinski definition) is 3. The Balaban J connectivity index is 4.22. The molecule has 0 aromatic heterocycles. The molecule has 0 aromatic rings. The molecule has 0 spiro atoms. The largest absolute Gasteiger partial charge is 0.441 e. The molecule has 0 bridgehead atoms. The fourth-order valence-corrected chi connectivity index (χ4v) is 11.8. The molecule has 0 fully saturated rings. The van der Waals surface area contributed by atoms with Crippen molar-refractivity contribution in [3.8, 4) is 0 Å². The fourth-order valence-electron chi connectivity index (χ4n) is 0.817. The van der Waals surface area contributed by atoms with Crippen LogP contribution in [0.1, 0.15) is 20.3 Å². The van der Waals surface area contributed by atoms with Crippen LogP contribution < -0.4 is 0 Å². The summed E-state index contributed by atoms with van der Waals surface area (Å²) in [6, 6.07) is 0. The van der Waals surface area contributed by atoms with Gasteiger partial charge < -0.3 is 4.12 Å². The van der Waals surface area contributed by atoms with Gasteiger partial charge in [0.05, 0.1) is 0 Å². The molecule has 0 rings (SSSR count). The molecule has 1 nitrogen and oxygen atoms in total. The lowest BCUT2D eigenvalue weighted by molar-refractivity contribution is 0.560. The first kappa shape index (κ1) is 13.1. The molecule has 0 heterocycles. The van der Waals surface area contributed by atoms with Crippen LogP contribution in [0.3, 0.4) is 0 Å². The van der Waals surface area contributed by atoms with Crippen LogP contribution in [0, 0.1) is 0 Å². The summed E-state index contributed by atoms with van der Waals surface area (Å²) in [7, 11) is -1.46. The van der Waals surface area contributed by atoms with Gasteiger partial charge in [-0.3, -0.25) is 0 Å². The van der Waals surface area contributed by atoms with Gasteiger partial charge in [-0.25, -0.2) is 0 Å². The van der Waals surface area contributed by atoms with Crippen LogP contribution in [0.25, 0.3) is 0 Å². The standard InChI is InChI=1S/C7H20OS2Si2/c1-6-7(2)12(9,10)8-11(3,4)5/h7,9-10H,6H2,1-5H3. The van der Waals surface area contributed by atoms with Crippen molar-refractivity contribution in [2.45, 2.75) is 45.5 Å². The zero-order chi connectivity index (χ0) is 9.99. The third-order valence-electron chi connectivity index (χ3n) is 1.71. The van der Waals surface area contributed by atoms with E-state index in [0.717, 1.165) is 6.42 Å². The second-order valence-corrected chi connectivity index (χ2v) is 16.6. The zero-order valence-corrected chi connectivity index (χ0v) is 12.4. The van der Waals surface area contributed by atoms with Crippen molar-refractivity contribution in [2.75, 3.05) is 0 Å². The van der Waals surface area contributed by atoms with Crippen molar-refractivity contribution in [3.63, 3.8) is 0 Å². The van der Waals surface area contributed by atoms with Gasteiger partial charge in [0.25, 0.3) is 0 Å². The highest BCUT2D eigenvalue weighted by Crippen LogP contribution is 2.34. The van der Waals surface area contributed by atoms with E-state index in [9.17, 15) is 0 Å². The van der Waals surface area contributed by atoms with E-state index < -0.39 is 14.9 Å². The van der Waals surface area contributed by atoms with E-state index in [0.29, 0.717) is 5.54 Å². The molecule has 0 radical (unpaired) electrons. The Kier molecular flexibility index (Phi) is 4.96. The van der Waals surface area contributed by atoms with Crippen LogP contribution in [0.5, 0.6) is 0 Å². The lowest BCUT2D eigenvalue weighted by atomic mass is 10.4. The van der Waals surface area contributed by atoms with Crippen LogP contribution in [0.2, 0.25) is 25.2 Å². The molecule has 0 saturated carbocycles. The van der Waals surface area contributed by atoms with Crippen molar-refractivity contribution >= 4 is 39.1 Å². The van der Waals surface area contributed by atoms with E-state index in [1.165, 1.54) is 0 Å². The summed E-state index contributed by atoms with van der Waals surface area (Å²) in [5, 5.41) is 0. The molecule has 0 aliphatic heterocycles. The third-order valence-corrected chi connectivity index (χ3v) is 11.3. The Morgan fingerprint density at radius 3 is 1.92 bits per heavy atom. The van der Waals surface area contributed by atoms with Crippen molar-refractivity contribution in [1.82, 2.24) is 0 Å². The van der Waals surface area contributed by atoms with E-state index in [4.69, 9.17) is 4.12 Å². The van der Waals surface area contributed by atoms with Crippen molar-refractivity contribution < 1.29 is 4.12 Å². The molecule has 74 valence electrons. The number of thiol groups is 2. The molecule has 0 aliphatic rings. The molecular formula is C7H20OS2Si2. The van der Waals surface area contributed by atoms with Gasteiger partial charge in [0.2, 0.25) is 0 Å². The molecule has 0 amide bonds. The maximum atomic E-state index is 5.98. The summed E-state index contributed by atoms with van der Waals surface area (Å²) >= 11 is 9.14. The van der Waals surface area contributed by atoms with Gasteiger partial charge in [-0.05, 0) is 25.2 Å². The SMILES string of the molecule is CCC(C)[Si](S)(S)O[Si](C)(C)C. The fraction of sp³-hybridized carbons (Fsp3) is 1.00. The molecule has 12 heavy (non-hydrogen) atoms. The van der Waals surface area contributed by atoms with E-state index >= 15 is 0 Å². The highest BCUT2D eigenvalue weighted by atomic mass is 32.5. The van der Waals surface area contributed by atoms with Gasteiger partial charge >= 0.3 is 6.62 Å². The lowest BCUT2D eigenvalue weighted by Gasteiger charge is -2.33. The summed E-state index contributed by atoms with van der Waals surface area (Å²) < 4.78 is 5.98. The summed E-state index contributed by atoms with van der Waals surface area (Å²) in [6.07, 6.45) is 1.10. The average Bonchev–Trinajstić information content (AvgIpc) is 1.80. The minimum atomic E-state index is -1.99. The quantitative estimate of drug-likeness (QED) is 0.565. The Morgan fingerprint density at radius 2 is 1.67 bits per heavy atom. The molecule has 0 aliphatic carbocycles. The minimum absolute atomic E-state index is 0.510. The van der Waals surface area contributed by atoms with E-state index in [1.54, 1.807) is 0 Å². The van der Waals surface area contributed by atoms with Gasteiger partial charge in [-0.2, -0.15) is 24.2 Å². The summed E-state index contributed by atoms with van der Waals surface area (Å²) in [6.45, 7) is 8.89. The Hall–Kier alpha value is 1.09. The van der Waals surface area contributed by atoms with Crippen LogP contribution in [-0.2, 0) is 4.12 Å². The normalized spacial score (nSPS) is 16.2. The maximum absolute atomic E-state index is 5.98. The molecule has 1 atom stereocenters. The first-order valence-corrected chi connectivity index (χ1v) is 12.3. The Morgan fingerprint density at radius 1 is 1.25 bits per heavy atom. The number of rotatable bonds is 4. The number of hydrogen-bond donors (Lipinski definition) is 2. The first-order valence-electron chi connectivity index (χ1n) is 4.34. The summed E-state index contributed by atoms with van der Waals surface area (Å²) in [4.78, 5) is 0. The van der Waals surface area contributed by atoms with E-state index in [1.807, 2.05) is 0 Å². The Bertz CT molecular complexity index is 145. The van der Waals surface area contributed by atoms with Crippen molar-refractivity contribution in [2.24, 2.45) is 0 Å². The highest BCUT2D eigenvalue weighted by molar-refractivity contribution is 8.44. The molecule has 0 aromatic carbocycles. The van der Waals surface area contributed by atoms with Gasteiger partial charge in [-0.1, -0.05) is 20.3 Å². The average molecular weight is 241 g/mol.